The Balaban J connectivity index is 2.67. The molecular weight excluding hydrogens is 326 g/mol. The number of halogens is 1. The maximum absolute atomic E-state index is 11.9. The minimum atomic E-state index is -0.907. The number of ether oxygens (including phenoxy) is 1. The summed E-state index contributed by atoms with van der Waals surface area (Å²) in [7, 11) is 1.56. The fraction of sp³-hybridized carbons (Fsp3) is 0.429. The van der Waals surface area contributed by atoms with Crippen molar-refractivity contribution in [2.75, 3.05) is 12.4 Å². The van der Waals surface area contributed by atoms with E-state index in [0.717, 1.165) is 4.47 Å². The first-order valence-electron chi connectivity index (χ1n) is 6.09. The van der Waals surface area contributed by atoms with Crippen LogP contribution in [0.15, 0.2) is 22.7 Å². The molecule has 110 valence electrons. The van der Waals surface area contributed by atoms with Gasteiger partial charge in [0.2, 0.25) is 5.91 Å². The highest BCUT2D eigenvalue weighted by molar-refractivity contribution is 9.10. The molecule has 0 saturated carbocycles. The number of anilines is 1. The second-order valence-electron chi connectivity index (χ2n) is 5.31. The van der Waals surface area contributed by atoms with Crippen molar-refractivity contribution in [3.8, 4) is 5.75 Å². The fourth-order valence-corrected chi connectivity index (χ4v) is 2.40. The van der Waals surface area contributed by atoms with Gasteiger partial charge in [0.1, 0.15) is 5.75 Å². The first kappa shape index (κ1) is 16.5. The number of carboxylic acids is 1. The summed E-state index contributed by atoms with van der Waals surface area (Å²) in [4.78, 5) is 22.6. The molecule has 0 atom stereocenters. The highest BCUT2D eigenvalue weighted by Gasteiger charge is 2.25. The number of carbonyl (C=O) groups excluding carboxylic acids is 1. The van der Waals surface area contributed by atoms with Gasteiger partial charge in [-0.1, -0.05) is 13.8 Å². The molecule has 1 aromatic rings. The third-order valence-corrected chi connectivity index (χ3v) is 3.32. The lowest BCUT2D eigenvalue weighted by atomic mass is 9.85. The molecule has 1 rings (SSSR count). The zero-order chi connectivity index (χ0) is 15.3. The Hall–Kier alpha value is -1.56. The lowest BCUT2D eigenvalue weighted by molar-refractivity contribution is -0.139. The van der Waals surface area contributed by atoms with E-state index in [1.807, 2.05) is 0 Å². The van der Waals surface area contributed by atoms with Crippen molar-refractivity contribution in [3.05, 3.63) is 22.7 Å². The van der Waals surface area contributed by atoms with Crippen molar-refractivity contribution < 1.29 is 19.4 Å². The van der Waals surface area contributed by atoms with Crippen LogP contribution in [0.25, 0.3) is 0 Å². The molecule has 0 aliphatic carbocycles. The Morgan fingerprint density at radius 3 is 2.50 bits per heavy atom. The van der Waals surface area contributed by atoms with Gasteiger partial charge in [-0.05, 0) is 39.5 Å². The van der Waals surface area contributed by atoms with Gasteiger partial charge < -0.3 is 15.2 Å². The van der Waals surface area contributed by atoms with Crippen LogP contribution in [0.2, 0.25) is 0 Å². The van der Waals surface area contributed by atoms with Crippen LogP contribution in [0, 0.1) is 5.41 Å². The van der Waals surface area contributed by atoms with E-state index in [-0.39, 0.29) is 18.7 Å². The summed E-state index contributed by atoms with van der Waals surface area (Å²) in [6.45, 7) is 3.51. The molecule has 0 heterocycles. The first-order chi connectivity index (χ1) is 9.23. The predicted octanol–water partition coefficient (Wildman–Crippen LogP) is 3.29. The van der Waals surface area contributed by atoms with E-state index in [9.17, 15) is 9.59 Å². The van der Waals surface area contributed by atoms with Crippen molar-refractivity contribution in [1.29, 1.82) is 0 Å². The van der Waals surface area contributed by atoms with Gasteiger partial charge in [0.15, 0.2) is 0 Å². The van der Waals surface area contributed by atoms with Crippen molar-refractivity contribution >= 4 is 33.5 Å². The Bertz CT molecular complexity index is 514. The molecule has 2 N–H and O–H groups in total. The van der Waals surface area contributed by atoms with Gasteiger partial charge in [-0.2, -0.15) is 0 Å². The van der Waals surface area contributed by atoms with Gasteiger partial charge in [-0.25, -0.2) is 0 Å². The summed E-state index contributed by atoms with van der Waals surface area (Å²) in [5.41, 5.74) is 0.0494. The summed E-state index contributed by atoms with van der Waals surface area (Å²) in [6, 6.07) is 5.20. The van der Waals surface area contributed by atoms with Gasteiger partial charge in [-0.3, -0.25) is 9.59 Å². The zero-order valence-corrected chi connectivity index (χ0v) is 13.3. The van der Waals surface area contributed by atoms with Crippen LogP contribution in [0.3, 0.4) is 0 Å². The Morgan fingerprint density at radius 2 is 2.00 bits per heavy atom. The van der Waals surface area contributed by atoms with Crippen LogP contribution in [-0.4, -0.2) is 24.1 Å². The van der Waals surface area contributed by atoms with E-state index in [1.165, 1.54) is 0 Å². The second kappa shape index (κ2) is 6.74. The largest absolute Gasteiger partial charge is 0.496 e. The highest BCUT2D eigenvalue weighted by Crippen LogP contribution is 2.29. The number of hydrogen-bond acceptors (Lipinski definition) is 3. The monoisotopic (exact) mass is 343 g/mol. The molecule has 20 heavy (non-hydrogen) atoms. The second-order valence-corrected chi connectivity index (χ2v) is 6.16. The summed E-state index contributed by atoms with van der Waals surface area (Å²) in [5, 5.41) is 11.5. The van der Waals surface area contributed by atoms with Gasteiger partial charge in [-0.15, -0.1) is 0 Å². The Labute approximate surface area is 126 Å². The fourth-order valence-electron chi connectivity index (χ4n) is 1.86. The maximum Gasteiger partial charge on any atom is 0.303 e. The van der Waals surface area contributed by atoms with E-state index in [0.29, 0.717) is 11.4 Å². The van der Waals surface area contributed by atoms with Crippen LogP contribution >= 0.6 is 15.9 Å². The number of nitrogens with one attached hydrogen (secondary N) is 1. The molecule has 5 nitrogen and oxygen atoms in total. The number of carboxylic acid groups (broad SMARTS) is 1. The molecule has 1 aromatic carbocycles. The van der Waals surface area contributed by atoms with Crippen LogP contribution in [0.1, 0.15) is 26.7 Å². The van der Waals surface area contributed by atoms with E-state index < -0.39 is 11.4 Å². The van der Waals surface area contributed by atoms with Gasteiger partial charge in [0.25, 0.3) is 0 Å². The Kier molecular flexibility index (Phi) is 5.56. The minimum Gasteiger partial charge on any atom is -0.496 e. The molecular formula is C14H18BrNO4. The minimum absolute atomic E-state index is 0.0489. The average molecular weight is 344 g/mol. The molecule has 0 aromatic heterocycles. The molecule has 0 aliphatic rings. The third-order valence-electron chi connectivity index (χ3n) is 2.70. The molecule has 0 unspecified atom stereocenters. The van der Waals surface area contributed by atoms with Crippen molar-refractivity contribution in [1.82, 2.24) is 0 Å². The molecule has 0 saturated heterocycles. The summed E-state index contributed by atoms with van der Waals surface area (Å²) in [5.74, 6) is -0.447. The molecule has 0 aliphatic heterocycles. The first-order valence-corrected chi connectivity index (χ1v) is 6.88. The van der Waals surface area contributed by atoms with E-state index in [4.69, 9.17) is 9.84 Å². The lowest BCUT2D eigenvalue weighted by Gasteiger charge is -2.21. The van der Waals surface area contributed by atoms with Crippen LogP contribution in [0.4, 0.5) is 5.69 Å². The van der Waals surface area contributed by atoms with Crippen LogP contribution < -0.4 is 10.1 Å². The number of carbonyl (C=O) groups is 2. The number of methoxy groups -OCH3 is 1. The summed E-state index contributed by atoms with van der Waals surface area (Å²) >= 11 is 3.34. The summed E-state index contributed by atoms with van der Waals surface area (Å²) < 4.78 is 5.84. The SMILES string of the molecule is COc1ccc(NC(=O)CC(C)(C)CC(=O)O)cc1Br. The third kappa shape index (κ3) is 5.21. The predicted molar refractivity (Wildman–Crippen MR) is 80.0 cm³/mol. The van der Waals surface area contributed by atoms with Crippen LogP contribution in [-0.2, 0) is 9.59 Å². The van der Waals surface area contributed by atoms with E-state index >= 15 is 0 Å². The summed E-state index contributed by atoms with van der Waals surface area (Å²) in [6.07, 6.45) is 0.0929. The topological polar surface area (TPSA) is 75.6 Å². The van der Waals surface area contributed by atoms with Crippen LogP contribution in [0.5, 0.6) is 5.75 Å². The molecule has 6 heteroatoms. The molecule has 1 amide bonds. The number of rotatable bonds is 6. The highest BCUT2D eigenvalue weighted by atomic mass is 79.9. The normalized spacial score (nSPS) is 11.0. The Morgan fingerprint density at radius 1 is 1.35 bits per heavy atom. The molecule has 0 fully saturated rings. The average Bonchev–Trinajstić information content (AvgIpc) is 2.25. The van der Waals surface area contributed by atoms with Gasteiger partial charge >= 0.3 is 5.97 Å². The smallest absolute Gasteiger partial charge is 0.303 e. The van der Waals surface area contributed by atoms with Gasteiger partial charge in [0, 0.05) is 12.1 Å². The van der Waals surface area contributed by atoms with Crippen molar-refractivity contribution in [2.45, 2.75) is 26.7 Å². The number of amides is 1. The number of hydrogen-bond donors (Lipinski definition) is 2. The van der Waals surface area contributed by atoms with E-state index in [2.05, 4.69) is 21.2 Å². The number of benzene rings is 1. The van der Waals surface area contributed by atoms with E-state index in [1.54, 1.807) is 39.2 Å². The zero-order valence-electron chi connectivity index (χ0n) is 11.7. The van der Waals surface area contributed by atoms with Crippen molar-refractivity contribution in [2.24, 2.45) is 5.41 Å². The standard InChI is InChI=1S/C14H18BrNO4/c1-14(2,8-13(18)19)7-12(17)16-9-4-5-11(20-3)10(15)6-9/h4-6H,7-8H2,1-3H3,(H,16,17)(H,18,19). The number of aliphatic carboxylic acids is 1. The maximum atomic E-state index is 11.9. The van der Waals surface area contributed by atoms with Gasteiger partial charge in [0.05, 0.1) is 18.0 Å². The van der Waals surface area contributed by atoms with Crippen molar-refractivity contribution in [3.63, 3.8) is 0 Å². The molecule has 0 radical (unpaired) electrons. The lowest BCUT2D eigenvalue weighted by Crippen LogP contribution is -2.24. The quantitative estimate of drug-likeness (QED) is 0.830. The molecule has 0 spiro atoms. The molecule has 0 bridgehead atoms.